The Hall–Kier alpha value is -1.79. The number of nitrogens with one attached hydrogen (secondary N) is 2. The highest BCUT2D eigenvalue weighted by Crippen LogP contribution is 2.34. The first-order valence-electron chi connectivity index (χ1n) is 7.10. The molecule has 0 aliphatic heterocycles. The molecule has 7 nitrogen and oxygen atoms in total. The molecular formula is C14H24N2O5. The van der Waals surface area contributed by atoms with Gasteiger partial charge in [0.2, 0.25) is 0 Å². The summed E-state index contributed by atoms with van der Waals surface area (Å²) in [4.78, 5) is 33.9. The molecule has 3 N–H and O–H groups in total. The number of carboxylic acids is 1. The summed E-state index contributed by atoms with van der Waals surface area (Å²) in [5.41, 5.74) is 0.295. The van der Waals surface area contributed by atoms with Gasteiger partial charge >= 0.3 is 18.0 Å². The Balaban J connectivity index is 2.44. The fraction of sp³-hybridized carbons (Fsp3) is 0.786. The second kappa shape index (κ2) is 7.28. The number of hydrogen-bond donors (Lipinski definition) is 3. The minimum Gasteiger partial charge on any atom is -0.480 e. The van der Waals surface area contributed by atoms with Crippen molar-refractivity contribution in [1.82, 2.24) is 10.6 Å². The minimum atomic E-state index is -1.28. The Morgan fingerprint density at radius 2 is 1.86 bits per heavy atom. The van der Waals surface area contributed by atoms with Crippen LogP contribution in [0.1, 0.15) is 46.0 Å². The number of ether oxygens (including phenoxy) is 1. The summed E-state index contributed by atoms with van der Waals surface area (Å²) >= 11 is 0. The van der Waals surface area contributed by atoms with E-state index in [1.54, 1.807) is 0 Å². The van der Waals surface area contributed by atoms with Gasteiger partial charge in [0, 0.05) is 6.04 Å². The molecule has 1 atom stereocenters. The van der Waals surface area contributed by atoms with Crippen molar-refractivity contribution in [3.63, 3.8) is 0 Å². The quantitative estimate of drug-likeness (QED) is 0.663. The molecule has 21 heavy (non-hydrogen) atoms. The Bertz CT molecular complexity index is 398. The van der Waals surface area contributed by atoms with Gasteiger partial charge < -0.3 is 20.5 Å². The van der Waals surface area contributed by atoms with Gasteiger partial charge in [-0.05, 0) is 31.1 Å². The first kappa shape index (κ1) is 17.3. The van der Waals surface area contributed by atoms with Gasteiger partial charge in [-0.25, -0.2) is 9.59 Å². The molecule has 0 saturated heterocycles. The molecular weight excluding hydrogens is 276 g/mol. The number of aliphatic carboxylic acids is 1. The second-order valence-corrected chi connectivity index (χ2v) is 6.23. The van der Waals surface area contributed by atoms with E-state index in [0.29, 0.717) is 5.41 Å². The van der Waals surface area contributed by atoms with Crippen LogP contribution >= 0.6 is 0 Å². The molecule has 0 spiro atoms. The number of urea groups is 1. The minimum absolute atomic E-state index is 0.0468. The molecule has 0 unspecified atom stereocenters. The molecule has 120 valence electrons. The van der Waals surface area contributed by atoms with Gasteiger partial charge in [0.1, 0.15) is 6.04 Å². The highest BCUT2D eigenvalue weighted by molar-refractivity contribution is 5.86. The van der Waals surface area contributed by atoms with Crippen LogP contribution in [0.4, 0.5) is 4.79 Å². The van der Waals surface area contributed by atoms with Gasteiger partial charge in [-0.1, -0.05) is 13.8 Å². The third-order valence-corrected chi connectivity index (χ3v) is 3.88. The van der Waals surface area contributed by atoms with Crippen LogP contribution in [0.15, 0.2) is 0 Å². The number of methoxy groups -OCH3 is 1. The second-order valence-electron chi connectivity index (χ2n) is 6.23. The van der Waals surface area contributed by atoms with E-state index in [1.165, 1.54) is 7.11 Å². The average Bonchev–Trinajstić information content (AvgIpc) is 2.40. The van der Waals surface area contributed by atoms with Gasteiger partial charge in [0.15, 0.2) is 0 Å². The maximum Gasteiger partial charge on any atom is 0.326 e. The molecule has 0 aromatic heterocycles. The molecule has 1 fully saturated rings. The van der Waals surface area contributed by atoms with Gasteiger partial charge in [-0.3, -0.25) is 4.79 Å². The van der Waals surface area contributed by atoms with Crippen LogP contribution in [0.25, 0.3) is 0 Å². The van der Waals surface area contributed by atoms with Gasteiger partial charge in [0.05, 0.1) is 13.5 Å². The Labute approximate surface area is 124 Å². The largest absolute Gasteiger partial charge is 0.480 e. The van der Waals surface area contributed by atoms with E-state index >= 15 is 0 Å². The van der Waals surface area contributed by atoms with Crippen LogP contribution in [-0.2, 0) is 14.3 Å². The van der Waals surface area contributed by atoms with Crippen LogP contribution < -0.4 is 10.6 Å². The fourth-order valence-corrected chi connectivity index (χ4v) is 2.38. The van der Waals surface area contributed by atoms with Crippen molar-refractivity contribution in [3.05, 3.63) is 0 Å². The molecule has 1 saturated carbocycles. The van der Waals surface area contributed by atoms with Crippen LogP contribution in [0.5, 0.6) is 0 Å². The van der Waals surface area contributed by atoms with Crippen molar-refractivity contribution in [2.75, 3.05) is 7.11 Å². The van der Waals surface area contributed by atoms with Crippen molar-refractivity contribution in [2.24, 2.45) is 5.41 Å². The summed E-state index contributed by atoms with van der Waals surface area (Å²) in [6.45, 7) is 4.39. The van der Waals surface area contributed by atoms with E-state index < -0.39 is 30.4 Å². The van der Waals surface area contributed by atoms with Gasteiger partial charge in [-0.2, -0.15) is 0 Å². The first-order chi connectivity index (χ1) is 9.73. The van der Waals surface area contributed by atoms with Crippen molar-refractivity contribution < 1.29 is 24.2 Å². The standard InChI is InChI=1S/C14H24N2O5/c1-14(2)6-4-9(5-7-14)15-13(20)16-10(12(18)19)8-11(17)21-3/h9-10H,4-8H2,1-3H3,(H,18,19)(H2,15,16,20)/t10-/m0/s1. The van der Waals surface area contributed by atoms with Crippen molar-refractivity contribution in [1.29, 1.82) is 0 Å². The van der Waals surface area contributed by atoms with Crippen molar-refractivity contribution in [3.8, 4) is 0 Å². The predicted octanol–water partition coefficient (Wildman–Crippen LogP) is 1.27. The molecule has 7 heteroatoms. The molecule has 0 radical (unpaired) electrons. The van der Waals surface area contributed by atoms with Crippen molar-refractivity contribution in [2.45, 2.75) is 58.0 Å². The van der Waals surface area contributed by atoms with E-state index in [0.717, 1.165) is 25.7 Å². The molecule has 1 aliphatic carbocycles. The average molecular weight is 300 g/mol. The SMILES string of the molecule is COC(=O)C[C@H](NC(=O)NC1CCC(C)(C)CC1)C(=O)O. The number of carbonyl (C=O) groups is 3. The monoisotopic (exact) mass is 300 g/mol. The van der Waals surface area contributed by atoms with Crippen LogP contribution in [-0.4, -0.2) is 42.3 Å². The van der Waals surface area contributed by atoms with Crippen LogP contribution in [0, 0.1) is 5.41 Å². The van der Waals surface area contributed by atoms with E-state index in [4.69, 9.17) is 5.11 Å². The van der Waals surface area contributed by atoms with Gasteiger partial charge in [-0.15, -0.1) is 0 Å². The number of carbonyl (C=O) groups excluding carboxylic acids is 2. The number of esters is 1. The van der Waals surface area contributed by atoms with E-state index in [1.807, 2.05) is 0 Å². The lowest BCUT2D eigenvalue weighted by Gasteiger charge is -2.34. The fourth-order valence-electron chi connectivity index (χ4n) is 2.38. The lowest BCUT2D eigenvalue weighted by atomic mass is 9.76. The summed E-state index contributed by atoms with van der Waals surface area (Å²) in [5.74, 6) is -1.94. The van der Waals surface area contributed by atoms with Gasteiger partial charge in [0.25, 0.3) is 0 Å². The molecule has 0 aromatic carbocycles. The lowest BCUT2D eigenvalue weighted by Crippen LogP contribution is -2.50. The van der Waals surface area contributed by atoms with Crippen molar-refractivity contribution >= 4 is 18.0 Å². The summed E-state index contributed by atoms with van der Waals surface area (Å²) in [6, 6.07) is -1.79. The highest BCUT2D eigenvalue weighted by Gasteiger charge is 2.29. The third kappa shape index (κ3) is 6.01. The zero-order valence-corrected chi connectivity index (χ0v) is 12.8. The summed E-state index contributed by atoms with van der Waals surface area (Å²) in [5, 5.41) is 14.1. The van der Waals surface area contributed by atoms with E-state index in [-0.39, 0.29) is 6.04 Å². The normalized spacial score (nSPS) is 19.4. The Morgan fingerprint density at radius 3 is 2.33 bits per heavy atom. The Kier molecular flexibility index (Phi) is 5.99. The molecule has 0 aromatic rings. The zero-order valence-electron chi connectivity index (χ0n) is 12.8. The lowest BCUT2D eigenvalue weighted by molar-refractivity contribution is -0.147. The number of hydrogen-bond acceptors (Lipinski definition) is 4. The molecule has 1 aliphatic rings. The third-order valence-electron chi connectivity index (χ3n) is 3.88. The number of amides is 2. The summed E-state index contributed by atoms with van der Waals surface area (Å²) < 4.78 is 4.41. The first-order valence-corrected chi connectivity index (χ1v) is 7.10. The zero-order chi connectivity index (χ0) is 16.0. The Morgan fingerprint density at radius 1 is 1.29 bits per heavy atom. The molecule has 2 amide bonds. The smallest absolute Gasteiger partial charge is 0.326 e. The topological polar surface area (TPSA) is 105 Å². The van der Waals surface area contributed by atoms with Crippen LogP contribution in [0.3, 0.4) is 0 Å². The molecule has 0 bridgehead atoms. The van der Waals surface area contributed by atoms with Crippen LogP contribution in [0.2, 0.25) is 0 Å². The van der Waals surface area contributed by atoms with E-state index in [2.05, 4.69) is 29.2 Å². The van der Waals surface area contributed by atoms with E-state index in [9.17, 15) is 14.4 Å². The number of rotatable bonds is 5. The summed E-state index contributed by atoms with van der Waals surface area (Å²) in [7, 11) is 1.17. The maximum absolute atomic E-state index is 11.8. The number of carboxylic acid groups (broad SMARTS) is 1. The molecule has 1 rings (SSSR count). The molecule has 0 heterocycles. The predicted molar refractivity (Wildman–Crippen MR) is 75.8 cm³/mol. The maximum atomic E-state index is 11.8. The highest BCUT2D eigenvalue weighted by atomic mass is 16.5. The summed E-state index contributed by atoms with van der Waals surface area (Å²) in [6.07, 6.45) is 3.38.